The van der Waals surface area contributed by atoms with Crippen molar-refractivity contribution in [3.63, 3.8) is 0 Å². The van der Waals surface area contributed by atoms with Crippen LogP contribution in [0.2, 0.25) is 0 Å². The number of fused-ring (bicyclic) bond motifs is 1. The lowest BCUT2D eigenvalue weighted by molar-refractivity contribution is -0.0384. The van der Waals surface area contributed by atoms with Crippen LogP contribution in [0.1, 0.15) is 47.5 Å². The Hall–Kier alpha value is -1.64. The fourth-order valence-corrected chi connectivity index (χ4v) is 4.23. The summed E-state index contributed by atoms with van der Waals surface area (Å²) >= 11 is 1.36. The molecule has 1 atom stereocenters. The normalized spacial score (nSPS) is 21.5. The van der Waals surface area contributed by atoms with Crippen molar-refractivity contribution in [3.8, 4) is 0 Å². The van der Waals surface area contributed by atoms with Gasteiger partial charge in [0.1, 0.15) is 5.00 Å². The molecule has 0 radical (unpaired) electrons. The van der Waals surface area contributed by atoms with E-state index in [1.165, 1.54) is 18.4 Å². The average molecular weight is 368 g/mol. The fourth-order valence-electron chi connectivity index (χ4n) is 3.12. The number of methoxy groups -OCH3 is 1. The molecule has 8 heteroatoms. The number of urea groups is 1. The molecule has 3 heterocycles. The van der Waals surface area contributed by atoms with E-state index in [-0.39, 0.29) is 17.7 Å². The lowest BCUT2D eigenvalue weighted by Gasteiger charge is -2.30. The van der Waals surface area contributed by atoms with Gasteiger partial charge >= 0.3 is 12.0 Å². The maximum Gasteiger partial charge on any atom is 0.341 e. The Balaban J connectivity index is 1.75. The molecule has 25 heavy (non-hydrogen) atoms. The van der Waals surface area contributed by atoms with Gasteiger partial charge in [0.05, 0.1) is 31.0 Å². The first kappa shape index (κ1) is 18.2. The molecule has 1 fully saturated rings. The number of hydrogen-bond acceptors (Lipinski definition) is 6. The summed E-state index contributed by atoms with van der Waals surface area (Å²) in [6.07, 6.45) is 2.64. The van der Waals surface area contributed by atoms with Crippen LogP contribution in [-0.4, -0.2) is 44.0 Å². The number of nitrogens with one attached hydrogen (secondary N) is 2. The Morgan fingerprint density at radius 2 is 2.20 bits per heavy atom. The van der Waals surface area contributed by atoms with Gasteiger partial charge in [0.25, 0.3) is 0 Å². The van der Waals surface area contributed by atoms with Gasteiger partial charge in [0, 0.05) is 24.4 Å². The minimum absolute atomic E-state index is 0.0663. The molecule has 1 aromatic heterocycles. The Kier molecular flexibility index (Phi) is 5.31. The van der Waals surface area contributed by atoms with Crippen molar-refractivity contribution in [2.24, 2.45) is 0 Å². The third kappa shape index (κ3) is 4.13. The molecule has 1 aromatic rings. The third-order valence-corrected chi connectivity index (χ3v) is 5.54. The van der Waals surface area contributed by atoms with E-state index in [1.807, 2.05) is 13.8 Å². The predicted octanol–water partition coefficient (Wildman–Crippen LogP) is 2.69. The standard InChI is InChI=1S/C17H24N2O5S/c1-17(2)7-11-12(9-24-17)25-14(13(11)15(20)22-3)19-16(21)18-8-10-5-4-6-23-10/h10H,4-9H2,1-3H3,(H2,18,19,21)/t10-/m1/s1. The SMILES string of the molecule is COC(=O)c1c(NC(=O)NC[C@H]2CCCO2)sc2c1CC(C)(C)OC2. The van der Waals surface area contributed by atoms with Crippen LogP contribution < -0.4 is 10.6 Å². The number of hydrogen-bond donors (Lipinski definition) is 2. The Bertz CT molecular complexity index is 664. The largest absolute Gasteiger partial charge is 0.465 e. The fraction of sp³-hybridized carbons (Fsp3) is 0.647. The highest BCUT2D eigenvalue weighted by Crippen LogP contribution is 2.40. The number of amides is 2. The quantitative estimate of drug-likeness (QED) is 0.798. The minimum Gasteiger partial charge on any atom is -0.465 e. The van der Waals surface area contributed by atoms with Crippen LogP contribution >= 0.6 is 11.3 Å². The average Bonchev–Trinajstić information content (AvgIpc) is 3.18. The van der Waals surface area contributed by atoms with E-state index >= 15 is 0 Å². The zero-order chi connectivity index (χ0) is 18.0. The van der Waals surface area contributed by atoms with Crippen LogP contribution in [-0.2, 0) is 27.2 Å². The van der Waals surface area contributed by atoms with Gasteiger partial charge in [-0.25, -0.2) is 9.59 Å². The lowest BCUT2D eigenvalue weighted by Crippen LogP contribution is -2.35. The number of rotatable bonds is 4. The van der Waals surface area contributed by atoms with Crippen molar-refractivity contribution in [3.05, 3.63) is 16.0 Å². The molecule has 1 saturated heterocycles. The van der Waals surface area contributed by atoms with Gasteiger partial charge in [-0.1, -0.05) is 0 Å². The number of thiophene rings is 1. The molecule has 0 saturated carbocycles. The first-order chi connectivity index (χ1) is 11.9. The van der Waals surface area contributed by atoms with Gasteiger partial charge in [0.2, 0.25) is 0 Å². The molecule has 2 amide bonds. The molecule has 2 aliphatic rings. The van der Waals surface area contributed by atoms with Gasteiger partial charge in [-0.3, -0.25) is 5.32 Å². The third-order valence-electron chi connectivity index (χ3n) is 4.42. The predicted molar refractivity (Wildman–Crippen MR) is 94.2 cm³/mol. The monoisotopic (exact) mass is 368 g/mol. The summed E-state index contributed by atoms with van der Waals surface area (Å²) in [5.74, 6) is -0.440. The second-order valence-corrected chi connectivity index (χ2v) is 8.00. The molecule has 138 valence electrons. The Labute approximate surface area is 151 Å². The second-order valence-electron chi connectivity index (χ2n) is 6.89. The summed E-state index contributed by atoms with van der Waals surface area (Å²) in [4.78, 5) is 25.4. The molecule has 0 unspecified atom stereocenters. The molecular weight excluding hydrogens is 344 g/mol. The molecule has 0 aromatic carbocycles. The van der Waals surface area contributed by atoms with E-state index < -0.39 is 5.97 Å². The number of esters is 1. The zero-order valence-electron chi connectivity index (χ0n) is 14.8. The molecule has 0 spiro atoms. The van der Waals surface area contributed by atoms with Crippen molar-refractivity contribution < 1.29 is 23.8 Å². The van der Waals surface area contributed by atoms with Crippen LogP contribution in [0, 0.1) is 0 Å². The number of carbonyl (C=O) groups is 2. The Morgan fingerprint density at radius 1 is 1.40 bits per heavy atom. The smallest absolute Gasteiger partial charge is 0.341 e. The number of anilines is 1. The zero-order valence-corrected chi connectivity index (χ0v) is 15.6. The van der Waals surface area contributed by atoms with E-state index in [0.717, 1.165) is 29.9 Å². The van der Waals surface area contributed by atoms with Crippen molar-refractivity contribution in [1.29, 1.82) is 0 Å². The van der Waals surface area contributed by atoms with Gasteiger partial charge in [0.15, 0.2) is 0 Å². The summed E-state index contributed by atoms with van der Waals surface area (Å²) in [7, 11) is 1.35. The molecule has 2 aliphatic heterocycles. The summed E-state index contributed by atoms with van der Waals surface area (Å²) in [6.45, 7) is 5.59. The maximum absolute atomic E-state index is 12.3. The van der Waals surface area contributed by atoms with Gasteiger partial charge in [-0.15, -0.1) is 11.3 Å². The summed E-state index contributed by atoms with van der Waals surface area (Å²) in [5, 5.41) is 6.10. The molecule has 7 nitrogen and oxygen atoms in total. The first-order valence-electron chi connectivity index (χ1n) is 8.43. The highest BCUT2D eigenvalue weighted by molar-refractivity contribution is 7.17. The van der Waals surface area contributed by atoms with Crippen LogP contribution in [0.15, 0.2) is 0 Å². The molecule has 3 rings (SSSR count). The molecular formula is C17H24N2O5S. The van der Waals surface area contributed by atoms with Crippen LogP contribution in [0.5, 0.6) is 0 Å². The van der Waals surface area contributed by atoms with E-state index in [0.29, 0.717) is 30.1 Å². The Morgan fingerprint density at radius 3 is 2.88 bits per heavy atom. The van der Waals surface area contributed by atoms with E-state index in [9.17, 15) is 9.59 Å². The molecule has 0 aliphatic carbocycles. The molecule has 0 bridgehead atoms. The topological polar surface area (TPSA) is 85.9 Å². The van der Waals surface area contributed by atoms with Gasteiger partial charge in [-0.05, 0) is 32.3 Å². The summed E-state index contributed by atoms with van der Waals surface area (Å²) in [5.41, 5.74) is 0.990. The highest BCUT2D eigenvalue weighted by Gasteiger charge is 2.34. The lowest BCUT2D eigenvalue weighted by atomic mass is 9.93. The maximum atomic E-state index is 12.3. The minimum atomic E-state index is -0.440. The van der Waals surface area contributed by atoms with Crippen molar-refractivity contribution in [2.75, 3.05) is 25.6 Å². The molecule has 2 N–H and O–H groups in total. The summed E-state index contributed by atoms with van der Waals surface area (Å²) < 4.78 is 16.2. The first-order valence-corrected chi connectivity index (χ1v) is 9.24. The van der Waals surface area contributed by atoms with E-state index in [1.54, 1.807) is 0 Å². The van der Waals surface area contributed by atoms with E-state index in [4.69, 9.17) is 14.2 Å². The number of carbonyl (C=O) groups excluding carboxylic acids is 2. The van der Waals surface area contributed by atoms with Crippen molar-refractivity contribution in [1.82, 2.24) is 5.32 Å². The van der Waals surface area contributed by atoms with E-state index in [2.05, 4.69) is 10.6 Å². The van der Waals surface area contributed by atoms with Crippen LogP contribution in [0.3, 0.4) is 0 Å². The highest BCUT2D eigenvalue weighted by atomic mass is 32.1. The van der Waals surface area contributed by atoms with Gasteiger partial charge < -0.3 is 19.5 Å². The number of ether oxygens (including phenoxy) is 3. The summed E-state index contributed by atoms with van der Waals surface area (Å²) in [6, 6.07) is -0.348. The van der Waals surface area contributed by atoms with Crippen molar-refractivity contribution in [2.45, 2.75) is 51.4 Å². The van der Waals surface area contributed by atoms with Crippen LogP contribution in [0.25, 0.3) is 0 Å². The van der Waals surface area contributed by atoms with Crippen LogP contribution in [0.4, 0.5) is 9.80 Å². The second kappa shape index (κ2) is 7.31. The van der Waals surface area contributed by atoms with Crippen molar-refractivity contribution >= 4 is 28.3 Å². The van der Waals surface area contributed by atoms with Gasteiger partial charge in [-0.2, -0.15) is 0 Å².